The molecule has 1 aromatic heterocycles. The molecule has 0 aromatic carbocycles. The van der Waals surface area contributed by atoms with Crippen molar-refractivity contribution < 1.29 is 0 Å². The molecule has 1 saturated carbocycles. The maximum atomic E-state index is 6.06. The Balaban J connectivity index is 2.03. The Kier molecular flexibility index (Phi) is 2.86. The largest absolute Gasteiger partial charge is 0.347 e. The molecular weight excluding hydrogens is 188 g/mol. The summed E-state index contributed by atoms with van der Waals surface area (Å²) in [6.07, 6.45) is 5.24. The summed E-state index contributed by atoms with van der Waals surface area (Å²) in [5.41, 5.74) is 7.11. The van der Waals surface area contributed by atoms with Crippen molar-refractivity contribution in [2.45, 2.75) is 25.3 Å². The number of hydrogen-bond donors (Lipinski definition) is 1. The lowest BCUT2D eigenvalue weighted by Gasteiger charge is -2.13. The average Bonchev–Trinajstić information content (AvgIpc) is 3.01. The summed E-state index contributed by atoms with van der Waals surface area (Å²) in [5, 5.41) is 0. The van der Waals surface area contributed by atoms with Gasteiger partial charge in [0.25, 0.3) is 0 Å². The summed E-state index contributed by atoms with van der Waals surface area (Å²) >= 11 is 0. The van der Waals surface area contributed by atoms with Gasteiger partial charge in [-0.3, -0.25) is 0 Å². The molecule has 4 nitrogen and oxygen atoms in total. The predicted octanol–water partition coefficient (Wildman–Crippen LogP) is 0.822. The summed E-state index contributed by atoms with van der Waals surface area (Å²) in [7, 11) is 3.89. The number of aromatic nitrogens is 2. The second-order valence-electron chi connectivity index (χ2n) is 4.45. The normalized spacial score (nSPS) is 17.5. The van der Waals surface area contributed by atoms with Crippen LogP contribution in [0.15, 0.2) is 12.3 Å². The van der Waals surface area contributed by atoms with Crippen LogP contribution >= 0.6 is 0 Å². The Morgan fingerprint density at radius 1 is 1.53 bits per heavy atom. The van der Waals surface area contributed by atoms with E-state index < -0.39 is 0 Å². The Labute approximate surface area is 90.5 Å². The van der Waals surface area contributed by atoms with Gasteiger partial charge in [-0.1, -0.05) is 0 Å². The summed E-state index contributed by atoms with van der Waals surface area (Å²) in [6.45, 7) is 0. The van der Waals surface area contributed by atoms with Crippen LogP contribution in [-0.2, 0) is 6.42 Å². The number of hydrogen-bond acceptors (Lipinski definition) is 4. The fourth-order valence-electron chi connectivity index (χ4n) is 1.65. The van der Waals surface area contributed by atoms with E-state index in [0.29, 0.717) is 0 Å². The second kappa shape index (κ2) is 4.14. The van der Waals surface area contributed by atoms with Crippen molar-refractivity contribution in [1.82, 2.24) is 9.97 Å². The molecule has 1 fully saturated rings. The standard InChI is InChI=1S/C11H18N4/c1-15(2)11-13-6-5-9(14-11)7-10(12)8-3-4-8/h5-6,8,10H,3-4,7,12H2,1-2H3. The first-order chi connectivity index (χ1) is 7.16. The highest BCUT2D eigenvalue weighted by Gasteiger charge is 2.28. The summed E-state index contributed by atoms with van der Waals surface area (Å²) in [6, 6.07) is 2.23. The van der Waals surface area contributed by atoms with E-state index in [1.807, 2.05) is 25.1 Å². The minimum atomic E-state index is 0.273. The summed E-state index contributed by atoms with van der Waals surface area (Å²) < 4.78 is 0. The number of anilines is 1. The van der Waals surface area contributed by atoms with Crippen LogP contribution < -0.4 is 10.6 Å². The molecule has 4 heteroatoms. The zero-order valence-electron chi connectivity index (χ0n) is 9.35. The van der Waals surface area contributed by atoms with Gasteiger partial charge in [0, 0.05) is 38.4 Å². The van der Waals surface area contributed by atoms with Gasteiger partial charge in [0.15, 0.2) is 0 Å². The van der Waals surface area contributed by atoms with Crippen molar-refractivity contribution >= 4 is 5.95 Å². The molecule has 0 bridgehead atoms. The molecule has 1 atom stereocenters. The van der Waals surface area contributed by atoms with E-state index in [-0.39, 0.29) is 6.04 Å². The van der Waals surface area contributed by atoms with E-state index in [1.165, 1.54) is 12.8 Å². The molecule has 1 unspecified atom stereocenters. The maximum absolute atomic E-state index is 6.06. The van der Waals surface area contributed by atoms with Crippen molar-refractivity contribution in [2.24, 2.45) is 11.7 Å². The molecule has 2 rings (SSSR count). The molecule has 1 aromatic rings. The maximum Gasteiger partial charge on any atom is 0.224 e. The number of nitrogens with two attached hydrogens (primary N) is 1. The third-order valence-corrected chi connectivity index (χ3v) is 2.77. The molecule has 0 amide bonds. The lowest BCUT2D eigenvalue weighted by atomic mass is 10.1. The van der Waals surface area contributed by atoms with E-state index in [1.54, 1.807) is 6.20 Å². The van der Waals surface area contributed by atoms with Crippen LogP contribution in [0.2, 0.25) is 0 Å². The van der Waals surface area contributed by atoms with E-state index in [0.717, 1.165) is 24.0 Å². The van der Waals surface area contributed by atoms with Gasteiger partial charge in [0.1, 0.15) is 0 Å². The lowest BCUT2D eigenvalue weighted by Crippen LogP contribution is -2.26. The predicted molar refractivity (Wildman–Crippen MR) is 60.8 cm³/mol. The lowest BCUT2D eigenvalue weighted by molar-refractivity contribution is 0.583. The van der Waals surface area contributed by atoms with Gasteiger partial charge in [-0.05, 0) is 24.8 Å². The van der Waals surface area contributed by atoms with Crippen molar-refractivity contribution in [3.05, 3.63) is 18.0 Å². The highest BCUT2D eigenvalue weighted by atomic mass is 15.2. The van der Waals surface area contributed by atoms with Gasteiger partial charge in [-0.15, -0.1) is 0 Å². The molecule has 15 heavy (non-hydrogen) atoms. The first-order valence-electron chi connectivity index (χ1n) is 5.41. The molecule has 1 aliphatic carbocycles. The fraction of sp³-hybridized carbons (Fsp3) is 0.636. The van der Waals surface area contributed by atoms with Gasteiger partial charge >= 0.3 is 0 Å². The van der Waals surface area contributed by atoms with Crippen LogP contribution in [0.25, 0.3) is 0 Å². The average molecular weight is 206 g/mol. The van der Waals surface area contributed by atoms with E-state index >= 15 is 0 Å². The monoisotopic (exact) mass is 206 g/mol. The van der Waals surface area contributed by atoms with E-state index in [4.69, 9.17) is 5.73 Å². The molecule has 1 aliphatic rings. The van der Waals surface area contributed by atoms with Crippen LogP contribution in [0, 0.1) is 5.92 Å². The third kappa shape index (κ3) is 2.65. The smallest absolute Gasteiger partial charge is 0.224 e. The summed E-state index contributed by atoms with van der Waals surface area (Å²) in [5.74, 6) is 1.48. The van der Waals surface area contributed by atoms with Crippen LogP contribution in [0.1, 0.15) is 18.5 Å². The highest BCUT2D eigenvalue weighted by Crippen LogP contribution is 2.32. The first-order valence-corrected chi connectivity index (χ1v) is 5.41. The van der Waals surface area contributed by atoms with Gasteiger partial charge in [0.05, 0.1) is 0 Å². The highest BCUT2D eigenvalue weighted by molar-refractivity contribution is 5.27. The van der Waals surface area contributed by atoms with E-state index in [2.05, 4.69) is 9.97 Å². The van der Waals surface area contributed by atoms with Crippen molar-refractivity contribution in [3.63, 3.8) is 0 Å². The molecule has 0 saturated heterocycles. The Hall–Kier alpha value is -1.16. The van der Waals surface area contributed by atoms with Crippen LogP contribution in [0.5, 0.6) is 0 Å². The topological polar surface area (TPSA) is 55.0 Å². The van der Waals surface area contributed by atoms with Crippen LogP contribution in [-0.4, -0.2) is 30.1 Å². The van der Waals surface area contributed by atoms with Crippen molar-refractivity contribution in [2.75, 3.05) is 19.0 Å². The second-order valence-corrected chi connectivity index (χ2v) is 4.45. The summed E-state index contributed by atoms with van der Waals surface area (Å²) in [4.78, 5) is 10.5. The molecule has 82 valence electrons. The SMILES string of the molecule is CN(C)c1nccc(CC(N)C2CC2)n1. The zero-order valence-corrected chi connectivity index (χ0v) is 9.35. The minimum absolute atomic E-state index is 0.273. The van der Waals surface area contributed by atoms with Gasteiger partial charge in [-0.25, -0.2) is 9.97 Å². The first kappa shape index (κ1) is 10.4. The van der Waals surface area contributed by atoms with Gasteiger partial charge in [-0.2, -0.15) is 0 Å². The number of rotatable bonds is 4. The molecular formula is C11H18N4. The van der Waals surface area contributed by atoms with Gasteiger partial charge < -0.3 is 10.6 Å². The minimum Gasteiger partial charge on any atom is -0.347 e. The van der Waals surface area contributed by atoms with Crippen molar-refractivity contribution in [1.29, 1.82) is 0 Å². The Morgan fingerprint density at radius 2 is 2.27 bits per heavy atom. The molecule has 1 heterocycles. The fourth-order valence-corrected chi connectivity index (χ4v) is 1.65. The molecule has 2 N–H and O–H groups in total. The van der Waals surface area contributed by atoms with Crippen molar-refractivity contribution in [3.8, 4) is 0 Å². The van der Waals surface area contributed by atoms with Gasteiger partial charge in [0.2, 0.25) is 5.95 Å². The zero-order chi connectivity index (χ0) is 10.8. The van der Waals surface area contributed by atoms with Crippen LogP contribution in [0.4, 0.5) is 5.95 Å². The molecule has 0 radical (unpaired) electrons. The van der Waals surface area contributed by atoms with Crippen LogP contribution in [0.3, 0.4) is 0 Å². The Morgan fingerprint density at radius 3 is 2.87 bits per heavy atom. The molecule has 0 aliphatic heterocycles. The Bertz CT molecular complexity index is 333. The quantitative estimate of drug-likeness (QED) is 0.792. The number of nitrogens with zero attached hydrogens (tertiary/aromatic N) is 3. The third-order valence-electron chi connectivity index (χ3n) is 2.77. The molecule has 0 spiro atoms. The van der Waals surface area contributed by atoms with E-state index in [9.17, 15) is 0 Å².